The van der Waals surface area contributed by atoms with Crippen LogP contribution in [0.15, 0.2) is 4.52 Å². The highest BCUT2D eigenvalue weighted by Gasteiger charge is 2.15. The summed E-state index contributed by atoms with van der Waals surface area (Å²) >= 11 is 1.80. The first-order valence-corrected chi connectivity index (χ1v) is 6.89. The summed E-state index contributed by atoms with van der Waals surface area (Å²) in [6.45, 7) is 6.50. The minimum atomic E-state index is 0.395. The van der Waals surface area contributed by atoms with Gasteiger partial charge in [-0.15, -0.1) is 0 Å². The van der Waals surface area contributed by atoms with Gasteiger partial charge in [0, 0.05) is 12.5 Å². The van der Waals surface area contributed by atoms with E-state index in [1.165, 1.54) is 0 Å². The van der Waals surface area contributed by atoms with E-state index in [1.807, 2.05) is 7.05 Å². The Morgan fingerprint density at radius 2 is 2.19 bits per heavy atom. The third kappa shape index (κ3) is 4.14. The Balaban J connectivity index is 2.50. The second kappa shape index (κ2) is 6.91. The molecule has 0 amide bonds. The molecule has 0 fully saturated rings. The third-order valence-electron chi connectivity index (χ3n) is 2.52. The first-order valence-electron chi connectivity index (χ1n) is 5.73. The second-order valence-corrected chi connectivity index (χ2v) is 5.36. The normalized spacial score (nSPS) is 13.3. The van der Waals surface area contributed by atoms with Crippen molar-refractivity contribution >= 4 is 11.8 Å². The molecule has 1 N–H and O–H groups in total. The molecule has 0 bridgehead atoms. The van der Waals surface area contributed by atoms with E-state index >= 15 is 0 Å². The summed E-state index contributed by atoms with van der Waals surface area (Å²) in [6, 6.07) is 0.395. The van der Waals surface area contributed by atoms with Crippen LogP contribution >= 0.6 is 11.8 Å². The van der Waals surface area contributed by atoms with E-state index in [1.54, 1.807) is 11.8 Å². The molecule has 0 saturated heterocycles. The summed E-state index contributed by atoms with van der Waals surface area (Å²) in [4.78, 5) is 4.38. The zero-order chi connectivity index (χ0) is 12.0. The maximum Gasteiger partial charge on any atom is 0.228 e. The molecule has 1 atom stereocenters. The molecule has 0 aliphatic rings. The number of nitrogens with one attached hydrogen (secondary N) is 1. The number of aromatic nitrogens is 2. The maximum atomic E-state index is 5.23. The van der Waals surface area contributed by atoms with E-state index < -0.39 is 0 Å². The fourth-order valence-corrected chi connectivity index (χ4v) is 1.99. The van der Waals surface area contributed by atoms with Gasteiger partial charge in [0.1, 0.15) is 0 Å². The van der Waals surface area contributed by atoms with Crippen LogP contribution in [0.1, 0.15) is 32.5 Å². The van der Waals surface area contributed by atoms with Gasteiger partial charge in [-0.1, -0.05) is 25.9 Å². The zero-order valence-electron chi connectivity index (χ0n) is 10.5. The second-order valence-electron chi connectivity index (χ2n) is 4.08. The highest BCUT2D eigenvalue weighted by atomic mass is 32.2. The predicted molar refractivity (Wildman–Crippen MR) is 67.5 cm³/mol. The minimum absolute atomic E-state index is 0.395. The smallest absolute Gasteiger partial charge is 0.228 e. The van der Waals surface area contributed by atoms with Crippen molar-refractivity contribution in [1.82, 2.24) is 15.5 Å². The number of nitrogens with zero attached hydrogens (tertiary/aromatic N) is 2. The first kappa shape index (κ1) is 13.5. The molecule has 92 valence electrons. The number of likely N-dealkylation sites (N-methyl/N-ethyl adjacent to an activating group) is 1. The molecule has 0 aromatic carbocycles. The molecule has 5 heteroatoms. The van der Waals surface area contributed by atoms with Crippen molar-refractivity contribution in [2.75, 3.05) is 12.8 Å². The number of hydrogen-bond donors (Lipinski definition) is 1. The highest BCUT2D eigenvalue weighted by Crippen LogP contribution is 2.11. The molecule has 1 heterocycles. The minimum Gasteiger partial charge on any atom is -0.339 e. The molecule has 16 heavy (non-hydrogen) atoms. The van der Waals surface area contributed by atoms with Gasteiger partial charge in [0.15, 0.2) is 5.82 Å². The molecule has 1 rings (SSSR count). The van der Waals surface area contributed by atoms with Gasteiger partial charge in [0.05, 0.1) is 5.75 Å². The summed E-state index contributed by atoms with van der Waals surface area (Å²) in [5.41, 5.74) is 0. The molecular formula is C11H21N3OS. The quantitative estimate of drug-likeness (QED) is 0.795. The Hall–Kier alpha value is -0.550. The van der Waals surface area contributed by atoms with Crippen molar-refractivity contribution in [3.8, 4) is 0 Å². The third-order valence-corrected chi connectivity index (χ3v) is 3.39. The molecule has 1 aromatic rings. The lowest BCUT2D eigenvalue weighted by molar-refractivity contribution is 0.333. The van der Waals surface area contributed by atoms with E-state index in [0.717, 1.165) is 29.6 Å². The Morgan fingerprint density at radius 3 is 2.75 bits per heavy atom. The van der Waals surface area contributed by atoms with Crippen LogP contribution in [0.25, 0.3) is 0 Å². The van der Waals surface area contributed by atoms with Crippen molar-refractivity contribution in [3.63, 3.8) is 0 Å². The molecule has 0 spiro atoms. The molecule has 4 nitrogen and oxygen atoms in total. The lowest BCUT2D eigenvalue weighted by Crippen LogP contribution is -2.32. The van der Waals surface area contributed by atoms with Gasteiger partial charge in [-0.05, 0) is 18.7 Å². The van der Waals surface area contributed by atoms with Gasteiger partial charge in [-0.25, -0.2) is 0 Å². The molecule has 0 aliphatic carbocycles. The van der Waals surface area contributed by atoms with Crippen LogP contribution in [0.5, 0.6) is 0 Å². The van der Waals surface area contributed by atoms with Crippen molar-refractivity contribution in [1.29, 1.82) is 0 Å². The zero-order valence-corrected chi connectivity index (χ0v) is 11.3. The van der Waals surface area contributed by atoms with E-state index in [9.17, 15) is 0 Å². The summed E-state index contributed by atoms with van der Waals surface area (Å²) < 4.78 is 5.23. The Morgan fingerprint density at radius 1 is 1.44 bits per heavy atom. The molecule has 0 radical (unpaired) electrons. The summed E-state index contributed by atoms with van der Waals surface area (Å²) in [6.07, 6.45) is 0.804. The lowest BCUT2D eigenvalue weighted by atomic mass is 10.0. The monoisotopic (exact) mass is 243 g/mol. The summed E-state index contributed by atoms with van der Waals surface area (Å²) in [5.74, 6) is 4.02. The first-order chi connectivity index (χ1) is 7.67. The number of hydrogen-bond acceptors (Lipinski definition) is 5. The van der Waals surface area contributed by atoms with E-state index in [-0.39, 0.29) is 0 Å². The van der Waals surface area contributed by atoms with Gasteiger partial charge in [-0.3, -0.25) is 0 Å². The van der Waals surface area contributed by atoms with Crippen LogP contribution < -0.4 is 5.32 Å². The standard InChI is InChI=1S/C11H21N3OS/c1-5-16-7-10-13-11(15-14-10)6-9(12-4)8(2)3/h8-9,12H,5-7H2,1-4H3. The fourth-order valence-electron chi connectivity index (χ4n) is 1.48. The largest absolute Gasteiger partial charge is 0.339 e. The van der Waals surface area contributed by atoms with Crippen LogP contribution in [0.3, 0.4) is 0 Å². The van der Waals surface area contributed by atoms with Crippen LogP contribution in [0.2, 0.25) is 0 Å². The lowest BCUT2D eigenvalue weighted by Gasteiger charge is -2.17. The van der Waals surface area contributed by atoms with Crippen molar-refractivity contribution in [3.05, 3.63) is 11.7 Å². The Kier molecular flexibility index (Phi) is 5.84. The maximum absolute atomic E-state index is 5.23. The van der Waals surface area contributed by atoms with Crippen LogP contribution in [0, 0.1) is 5.92 Å². The van der Waals surface area contributed by atoms with Crippen molar-refractivity contribution < 1.29 is 4.52 Å². The molecular weight excluding hydrogens is 222 g/mol. The SMILES string of the molecule is CCSCc1noc(CC(NC)C(C)C)n1. The Bertz CT molecular complexity index is 301. The number of thioether (sulfide) groups is 1. The van der Waals surface area contributed by atoms with Gasteiger partial charge in [0.2, 0.25) is 5.89 Å². The average Bonchev–Trinajstić information content (AvgIpc) is 2.70. The summed E-state index contributed by atoms with van der Waals surface area (Å²) in [7, 11) is 1.97. The van der Waals surface area contributed by atoms with Gasteiger partial charge >= 0.3 is 0 Å². The van der Waals surface area contributed by atoms with Gasteiger partial charge < -0.3 is 9.84 Å². The fraction of sp³-hybridized carbons (Fsp3) is 0.818. The molecule has 1 aromatic heterocycles. The number of rotatable bonds is 7. The van der Waals surface area contributed by atoms with E-state index in [0.29, 0.717) is 12.0 Å². The average molecular weight is 243 g/mol. The molecule has 1 unspecified atom stereocenters. The summed E-state index contributed by atoms with van der Waals surface area (Å²) in [5, 5.41) is 7.24. The van der Waals surface area contributed by atoms with E-state index in [2.05, 4.69) is 36.2 Å². The Labute approximate surface area is 102 Å². The van der Waals surface area contributed by atoms with Gasteiger partial charge in [0.25, 0.3) is 0 Å². The van der Waals surface area contributed by atoms with E-state index in [4.69, 9.17) is 4.52 Å². The topological polar surface area (TPSA) is 51.0 Å². The van der Waals surface area contributed by atoms with Crippen LogP contribution in [0.4, 0.5) is 0 Å². The van der Waals surface area contributed by atoms with Crippen LogP contribution in [-0.4, -0.2) is 29.0 Å². The highest BCUT2D eigenvalue weighted by molar-refractivity contribution is 7.98. The van der Waals surface area contributed by atoms with Crippen LogP contribution in [-0.2, 0) is 12.2 Å². The molecule has 0 aliphatic heterocycles. The van der Waals surface area contributed by atoms with Crippen molar-refractivity contribution in [2.24, 2.45) is 5.92 Å². The van der Waals surface area contributed by atoms with Gasteiger partial charge in [-0.2, -0.15) is 16.7 Å². The predicted octanol–water partition coefficient (Wildman–Crippen LogP) is 2.11. The molecule has 0 saturated carbocycles. The van der Waals surface area contributed by atoms with Crippen molar-refractivity contribution in [2.45, 2.75) is 39.0 Å².